The summed E-state index contributed by atoms with van der Waals surface area (Å²) < 4.78 is 0.981. The van der Waals surface area contributed by atoms with Crippen LogP contribution < -0.4 is 10.6 Å². The van der Waals surface area contributed by atoms with Gasteiger partial charge in [-0.2, -0.15) is 0 Å². The number of carbonyl (C=O) groups excluding carboxylic acids is 1. The highest BCUT2D eigenvalue weighted by molar-refractivity contribution is 9.10. The van der Waals surface area contributed by atoms with Gasteiger partial charge in [-0.05, 0) is 17.7 Å². The minimum Gasteiger partial charge on any atom is -0.337 e. The maximum absolute atomic E-state index is 11.1. The predicted octanol–water partition coefficient (Wildman–Crippen LogP) is 2.96. The zero-order valence-corrected chi connectivity index (χ0v) is 10.9. The molecule has 0 unspecified atom stereocenters. The largest absolute Gasteiger partial charge is 0.337 e. The highest BCUT2D eigenvalue weighted by atomic mass is 79.9. The molecule has 0 aliphatic heterocycles. The molecule has 0 spiro atoms. The second kappa shape index (κ2) is 7.30. The van der Waals surface area contributed by atoms with Gasteiger partial charge in [0.15, 0.2) is 0 Å². The van der Waals surface area contributed by atoms with Gasteiger partial charge in [-0.15, -0.1) is 11.6 Å². The Morgan fingerprint density at radius 3 is 2.88 bits per heavy atom. The smallest absolute Gasteiger partial charge is 0.318 e. The van der Waals surface area contributed by atoms with Gasteiger partial charge >= 0.3 is 6.03 Å². The molecule has 86 valence electrons. The van der Waals surface area contributed by atoms with Crippen LogP contribution in [0.25, 0.3) is 6.08 Å². The second-order valence-electron chi connectivity index (χ2n) is 2.94. The van der Waals surface area contributed by atoms with Crippen molar-refractivity contribution in [2.45, 2.75) is 0 Å². The Hall–Kier alpha value is -1.000. The van der Waals surface area contributed by atoms with Crippen molar-refractivity contribution in [3.8, 4) is 0 Å². The summed E-state index contributed by atoms with van der Waals surface area (Å²) in [6.07, 6.45) is 3.40. The van der Waals surface area contributed by atoms with E-state index < -0.39 is 0 Å². The lowest BCUT2D eigenvalue weighted by Crippen LogP contribution is -2.33. The van der Waals surface area contributed by atoms with Crippen molar-refractivity contribution >= 4 is 39.6 Å². The summed E-state index contributed by atoms with van der Waals surface area (Å²) in [6.45, 7) is 0.455. The number of hydrogen-bond acceptors (Lipinski definition) is 1. The molecule has 0 aliphatic rings. The normalized spacial score (nSPS) is 10.4. The molecule has 0 saturated heterocycles. The average Bonchev–Trinajstić information content (AvgIpc) is 2.29. The zero-order valence-electron chi connectivity index (χ0n) is 8.54. The third-order valence-corrected chi connectivity index (χ3v) is 2.67. The van der Waals surface area contributed by atoms with Crippen LogP contribution in [-0.2, 0) is 0 Å². The summed E-state index contributed by atoms with van der Waals surface area (Å²) in [6, 6.07) is 7.48. The van der Waals surface area contributed by atoms with Crippen LogP contribution in [0, 0.1) is 0 Å². The van der Waals surface area contributed by atoms with E-state index in [1.165, 1.54) is 0 Å². The summed E-state index contributed by atoms with van der Waals surface area (Å²) in [5.74, 6) is 0.404. The highest BCUT2D eigenvalue weighted by Crippen LogP contribution is 2.16. The molecule has 0 aliphatic carbocycles. The van der Waals surface area contributed by atoms with Crippen LogP contribution in [0.3, 0.4) is 0 Å². The Morgan fingerprint density at radius 2 is 2.19 bits per heavy atom. The highest BCUT2D eigenvalue weighted by Gasteiger charge is 1.95. The van der Waals surface area contributed by atoms with Gasteiger partial charge in [0.05, 0.1) is 0 Å². The fourth-order valence-corrected chi connectivity index (χ4v) is 1.54. The van der Waals surface area contributed by atoms with Gasteiger partial charge in [-0.1, -0.05) is 34.1 Å². The predicted molar refractivity (Wildman–Crippen MR) is 70.4 cm³/mol. The van der Waals surface area contributed by atoms with Crippen molar-refractivity contribution in [1.29, 1.82) is 0 Å². The summed E-state index contributed by atoms with van der Waals surface area (Å²) >= 11 is 8.84. The van der Waals surface area contributed by atoms with E-state index in [1.807, 2.05) is 30.3 Å². The van der Waals surface area contributed by atoms with Gasteiger partial charge in [0.1, 0.15) is 0 Å². The topological polar surface area (TPSA) is 41.1 Å². The van der Waals surface area contributed by atoms with Crippen molar-refractivity contribution in [2.24, 2.45) is 0 Å². The number of rotatable bonds is 4. The number of carbonyl (C=O) groups is 1. The van der Waals surface area contributed by atoms with E-state index in [1.54, 1.807) is 6.20 Å². The molecule has 1 aromatic carbocycles. The Morgan fingerprint density at radius 1 is 1.44 bits per heavy atom. The van der Waals surface area contributed by atoms with Crippen LogP contribution in [0.1, 0.15) is 5.56 Å². The molecule has 1 aromatic rings. The molecule has 0 atom stereocenters. The molecular weight excluding hydrogens is 291 g/mol. The first-order valence-corrected chi connectivity index (χ1v) is 6.08. The van der Waals surface area contributed by atoms with Crippen molar-refractivity contribution < 1.29 is 4.79 Å². The van der Waals surface area contributed by atoms with Gasteiger partial charge in [0.25, 0.3) is 0 Å². The van der Waals surface area contributed by atoms with Gasteiger partial charge in [0.2, 0.25) is 0 Å². The van der Waals surface area contributed by atoms with E-state index in [0.29, 0.717) is 12.4 Å². The summed E-state index contributed by atoms with van der Waals surface area (Å²) in [5, 5.41) is 5.17. The van der Waals surface area contributed by atoms with Crippen molar-refractivity contribution in [2.75, 3.05) is 12.4 Å². The van der Waals surface area contributed by atoms with Crippen molar-refractivity contribution in [3.05, 3.63) is 40.5 Å². The molecule has 5 heteroatoms. The van der Waals surface area contributed by atoms with Crippen LogP contribution >= 0.6 is 27.5 Å². The molecular formula is C11H12BrClN2O. The van der Waals surface area contributed by atoms with Crippen LogP contribution in [-0.4, -0.2) is 18.5 Å². The molecule has 0 bridgehead atoms. The van der Waals surface area contributed by atoms with Gasteiger partial charge in [-0.3, -0.25) is 0 Å². The molecule has 0 heterocycles. The average molecular weight is 304 g/mol. The summed E-state index contributed by atoms with van der Waals surface area (Å²) in [4.78, 5) is 11.1. The Labute approximate surface area is 108 Å². The molecule has 0 radical (unpaired) electrons. The van der Waals surface area contributed by atoms with E-state index >= 15 is 0 Å². The second-order valence-corrected chi connectivity index (χ2v) is 4.18. The molecule has 3 nitrogen and oxygen atoms in total. The molecule has 2 N–H and O–H groups in total. The van der Waals surface area contributed by atoms with Gasteiger partial charge in [0, 0.05) is 23.1 Å². The van der Waals surface area contributed by atoms with Gasteiger partial charge < -0.3 is 10.6 Å². The Kier molecular flexibility index (Phi) is 5.96. The Bertz CT molecular complexity index is 382. The fraction of sp³-hybridized carbons (Fsp3) is 0.182. The van der Waals surface area contributed by atoms with E-state index in [-0.39, 0.29) is 6.03 Å². The van der Waals surface area contributed by atoms with Crippen LogP contribution in [0.5, 0.6) is 0 Å². The minimum atomic E-state index is -0.260. The first-order chi connectivity index (χ1) is 7.74. The van der Waals surface area contributed by atoms with Crippen molar-refractivity contribution in [3.63, 3.8) is 0 Å². The van der Waals surface area contributed by atoms with Crippen molar-refractivity contribution in [1.82, 2.24) is 10.6 Å². The summed E-state index contributed by atoms with van der Waals surface area (Å²) in [5.41, 5.74) is 1.00. The molecule has 1 rings (SSSR count). The monoisotopic (exact) mass is 302 g/mol. The minimum absolute atomic E-state index is 0.260. The fourth-order valence-electron chi connectivity index (χ4n) is 1.03. The van der Waals surface area contributed by atoms with E-state index in [9.17, 15) is 4.79 Å². The van der Waals surface area contributed by atoms with E-state index in [0.717, 1.165) is 10.0 Å². The maximum atomic E-state index is 11.1. The number of amides is 2. The lowest BCUT2D eigenvalue weighted by Gasteiger charge is -2.01. The van der Waals surface area contributed by atoms with E-state index in [2.05, 4.69) is 26.6 Å². The van der Waals surface area contributed by atoms with Gasteiger partial charge in [-0.25, -0.2) is 4.79 Å². The van der Waals surface area contributed by atoms with Crippen LogP contribution in [0.2, 0.25) is 0 Å². The quantitative estimate of drug-likeness (QED) is 0.825. The van der Waals surface area contributed by atoms with Crippen LogP contribution in [0.4, 0.5) is 4.79 Å². The maximum Gasteiger partial charge on any atom is 0.318 e. The zero-order chi connectivity index (χ0) is 11.8. The molecule has 16 heavy (non-hydrogen) atoms. The lowest BCUT2D eigenvalue weighted by molar-refractivity contribution is 0.245. The molecule has 0 fully saturated rings. The SMILES string of the molecule is O=C(N/C=C/c1ccccc1Br)NCCCl. The number of hydrogen-bond donors (Lipinski definition) is 2. The molecule has 0 saturated carbocycles. The molecule has 0 aromatic heterocycles. The lowest BCUT2D eigenvalue weighted by atomic mass is 10.2. The number of halogens is 2. The third-order valence-electron chi connectivity index (χ3n) is 1.76. The number of benzene rings is 1. The first-order valence-electron chi connectivity index (χ1n) is 4.75. The van der Waals surface area contributed by atoms with E-state index in [4.69, 9.17) is 11.6 Å². The Balaban J connectivity index is 2.43. The third kappa shape index (κ3) is 4.68. The standard InChI is InChI=1S/C11H12BrClN2O/c12-10-4-2-1-3-9(10)5-7-14-11(16)15-8-6-13/h1-5,7H,6,8H2,(H2,14,15,16)/b7-5+. The van der Waals surface area contributed by atoms with Crippen LogP contribution in [0.15, 0.2) is 34.9 Å². The molecule has 2 amide bonds. The first kappa shape index (κ1) is 13.1. The number of urea groups is 1. The summed E-state index contributed by atoms with van der Waals surface area (Å²) in [7, 11) is 0. The number of nitrogens with one attached hydrogen (secondary N) is 2. The number of alkyl halides is 1.